The Bertz CT molecular complexity index is 1160. The summed E-state index contributed by atoms with van der Waals surface area (Å²) >= 11 is 7.18. The smallest absolute Gasteiger partial charge is 0.228 e. The lowest BCUT2D eigenvalue weighted by molar-refractivity contribution is 0.0687. The van der Waals surface area contributed by atoms with Gasteiger partial charge in [0.15, 0.2) is 10.9 Å². The summed E-state index contributed by atoms with van der Waals surface area (Å²) in [6, 6.07) is 9.36. The first-order chi connectivity index (χ1) is 14.3. The molecule has 9 heteroatoms. The van der Waals surface area contributed by atoms with Gasteiger partial charge >= 0.3 is 0 Å². The van der Waals surface area contributed by atoms with Crippen LogP contribution in [0.5, 0.6) is 0 Å². The molecule has 0 saturated heterocycles. The summed E-state index contributed by atoms with van der Waals surface area (Å²) in [6.45, 7) is 3.22. The van der Waals surface area contributed by atoms with E-state index in [1.165, 1.54) is 23.9 Å². The largest absolute Gasteiger partial charge is 0.429 e. The van der Waals surface area contributed by atoms with Crippen LogP contribution in [-0.4, -0.2) is 25.0 Å². The predicted molar refractivity (Wildman–Crippen MR) is 112 cm³/mol. The van der Waals surface area contributed by atoms with E-state index in [0.717, 1.165) is 0 Å². The number of hydrogen-bond acceptors (Lipinski definition) is 7. The third-order valence-electron chi connectivity index (χ3n) is 4.06. The van der Waals surface area contributed by atoms with Crippen LogP contribution in [0.3, 0.4) is 0 Å². The van der Waals surface area contributed by atoms with Gasteiger partial charge in [0.25, 0.3) is 0 Å². The van der Waals surface area contributed by atoms with Crippen molar-refractivity contribution in [3.63, 3.8) is 0 Å². The van der Waals surface area contributed by atoms with Crippen molar-refractivity contribution >= 4 is 23.4 Å². The molecule has 0 aliphatic heterocycles. The molecule has 30 heavy (non-hydrogen) atoms. The molecule has 0 unspecified atom stereocenters. The van der Waals surface area contributed by atoms with Crippen molar-refractivity contribution in [2.24, 2.45) is 0 Å². The van der Waals surface area contributed by atoms with Gasteiger partial charge in [-0.3, -0.25) is 0 Å². The Labute approximate surface area is 181 Å². The zero-order chi connectivity index (χ0) is 21.3. The molecule has 4 rings (SSSR count). The van der Waals surface area contributed by atoms with Crippen molar-refractivity contribution in [2.45, 2.75) is 29.6 Å². The van der Waals surface area contributed by atoms with Gasteiger partial charge in [0, 0.05) is 29.7 Å². The lowest BCUT2D eigenvalue weighted by Gasteiger charge is -2.14. The lowest BCUT2D eigenvalue weighted by Crippen LogP contribution is -2.19. The van der Waals surface area contributed by atoms with Gasteiger partial charge in [-0.15, -0.1) is 0 Å². The molecular formula is C21H16ClFN4O2S. The van der Waals surface area contributed by atoms with E-state index in [1.54, 1.807) is 56.7 Å². The minimum absolute atomic E-state index is 0.294. The van der Waals surface area contributed by atoms with Crippen LogP contribution in [0.4, 0.5) is 4.39 Å². The van der Waals surface area contributed by atoms with E-state index >= 15 is 0 Å². The van der Waals surface area contributed by atoms with Crippen molar-refractivity contribution < 1.29 is 13.9 Å². The van der Waals surface area contributed by atoms with Gasteiger partial charge < -0.3 is 9.52 Å². The Kier molecular flexibility index (Phi) is 5.55. The molecule has 3 heterocycles. The Morgan fingerprint density at radius 2 is 1.67 bits per heavy atom. The van der Waals surface area contributed by atoms with E-state index in [-0.39, 0.29) is 5.82 Å². The average Bonchev–Trinajstić information content (AvgIpc) is 3.13. The van der Waals surface area contributed by atoms with Gasteiger partial charge in [-0.1, -0.05) is 11.6 Å². The maximum atomic E-state index is 13.3. The molecule has 152 valence electrons. The number of aliphatic hydroxyl groups is 1. The second-order valence-corrected chi connectivity index (χ2v) is 8.36. The number of benzene rings is 1. The predicted octanol–water partition coefficient (Wildman–Crippen LogP) is 5.36. The highest BCUT2D eigenvalue weighted by Gasteiger charge is 2.22. The van der Waals surface area contributed by atoms with E-state index in [9.17, 15) is 9.50 Å². The van der Waals surface area contributed by atoms with Gasteiger partial charge in [0.05, 0.1) is 5.02 Å². The van der Waals surface area contributed by atoms with Gasteiger partial charge in [-0.2, -0.15) is 0 Å². The number of pyridine rings is 1. The second-order valence-electron chi connectivity index (χ2n) is 6.93. The van der Waals surface area contributed by atoms with Crippen molar-refractivity contribution in [2.75, 3.05) is 0 Å². The molecule has 4 aromatic rings. The molecule has 0 amide bonds. The Hall–Kier alpha value is -2.81. The fraction of sp³-hybridized carbons (Fsp3) is 0.143. The standard InChI is InChI=1S/C21H16ClFN4O2S/c1-21(2,28)20-25-9-13(10-26-20)17-19(30-16-8-5-14(22)11-24-16)29-18(27-17)12-3-6-15(23)7-4-12/h3-11,28H,1-2H3. The number of hydrogen-bond donors (Lipinski definition) is 1. The van der Waals surface area contributed by atoms with Gasteiger partial charge in [0.2, 0.25) is 5.89 Å². The number of oxazole rings is 1. The minimum Gasteiger partial charge on any atom is -0.429 e. The number of aromatic nitrogens is 4. The zero-order valence-corrected chi connectivity index (χ0v) is 17.6. The van der Waals surface area contributed by atoms with Gasteiger partial charge in [-0.25, -0.2) is 24.3 Å². The van der Waals surface area contributed by atoms with E-state index < -0.39 is 5.60 Å². The van der Waals surface area contributed by atoms with Gasteiger partial charge in [0.1, 0.15) is 22.1 Å². The Balaban J connectivity index is 1.76. The van der Waals surface area contributed by atoms with Crippen LogP contribution in [0.15, 0.2) is 69.5 Å². The molecule has 0 bridgehead atoms. The molecule has 0 radical (unpaired) electrons. The number of nitrogens with zero attached hydrogens (tertiary/aromatic N) is 4. The summed E-state index contributed by atoms with van der Waals surface area (Å²) in [5.74, 6) is 0.274. The lowest BCUT2D eigenvalue weighted by atomic mass is 10.1. The van der Waals surface area contributed by atoms with Crippen LogP contribution in [0.25, 0.3) is 22.7 Å². The molecule has 0 saturated carbocycles. The highest BCUT2D eigenvalue weighted by Crippen LogP contribution is 2.38. The first-order valence-corrected chi connectivity index (χ1v) is 10.1. The van der Waals surface area contributed by atoms with Crippen LogP contribution < -0.4 is 0 Å². The molecule has 0 spiro atoms. The van der Waals surface area contributed by atoms with Crippen LogP contribution in [0.1, 0.15) is 19.7 Å². The van der Waals surface area contributed by atoms with E-state index in [2.05, 4.69) is 19.9 Å². The number of rotatable bonds is 5. The zero-order valence-electron chi connectivity index (χ0n) is 16.0. The fourth-order valence-corrected chi connectivity index (χ4v) is 3.48. The van der Waals surface area contributed by atoms with Crippen molar-refractivity contribution in [1.29, 1.82) is 0 Å². The average molecular weight is 443 g/mol. The summed E-state index contributed by atoms with van der Waals surface area (Å²) in [6.07, 6.45) is 4.69. The highest BCUT2D eigenvalue weighted by molar-refractivity contribution is 7.99. The second kappa shape index (κ2) is 8.14. The highest BCUT2D eigenvalue weighted by atomic mass is 35.5. The van der Waals surface area contributed by atoms with E-state index in [4.69, 9.17) is 16.0 Å². The van der Waals surface area contributed by atoms with Crippen molar-refractivity contribution in [3.8, 4) is 22.7 Å². The molecule has 3 aromatic heterocycles. The Morgan fingerprint density at radius 1 is 0.967 bits per heavy atom. The third-order valence-corrected chi connectivity index (χ3v) is 5.19. The first kappa shape index (κ1) is 20.5. The third kappa shape index (κ3) is 4.51. The molecular weight excluding hydrogens is 427 g/mol. The molecule has 0 fully saturated rings. The molecule has 0 atom stereocenters. The van der Waals surface area contributed by atoms with Crippen LogP contribution in [-0.2, 0) is 5.60 Å². The summed E-state index contributed by atoms with van der Waals surface area (Å²) in [5.41, 5.74) is 0.587. The maximum Gasteiger partial charge on any atom is 0.228 e. The normalized spacial score (nSPS) is 11.6. The Morgan fingerprint density at radius 3 is 2.27 bits per heavy atom. The summed E-state index contributed by atoms with van der Waals surface area (Å²) in [5, 5.41) is 11.8. The maximum absolute atomic E-state index is 13.3. The quantitative estimate of drug-likeness (QED) is 0.445. The monoisotopic (exact) mass is 442 g/mol. The van der Waals surface area contributed by atoms with Crippen LogP contribution in [0, 0.1) is 5.82 Å². The van der Waals surface area contributed by atoms with Crippen LogP contribution >= 0.6 is 23.4 Å². The topological polar surface area (TPSA) is 84.9 Å². The number of halogens is 2. The molecule has 0 aliphatic carbocycles. The SMILES string of the molecule is CC(C)(O)c1ncc(-c2nc(-c3ccc(F)cc3)oc2Sc2ccc(Cl)cn2)cn1. The van der Waals surface area contributed by atoms with Crippen LogP contribution in [0.2, 0.25) is 5.02 Å². The molecule has 0 aliphatic rings. The molecule has 6 nitrogen and oxygen atoms in total. The summed E-state index contributed by atoms with van der Waals surface area (Å²) < 4.78 is 19.3. The van der Waals surface area contributed by atoms with E-state index in [1.807, 2.05) is 0 Å². The van der Waals surface area contributed by atoms with Gasteiger partial charge in [-0.05, 0) is 62.0 Å². The summed E-state index contributed by atoms with van der Waals surface area (Å²) in [7, 11) is 0. The molecule has 1 aromatic carbocycles. The van der Waals surface area contributed by atoms with Crippen molar-refractivity contribution in [3.05, 3.63) is 71.7 Å². The fourth-order valence-electron chi connectivity index (χ4n) is 2.56. The van der Waals surface area contributed by atoms with E-state index in [0.29, 0.717) is 43.7 Å². The summed E-state index contributed by atoms with van der Waals surface area (Å²) in [4.78, 5) is 17.3. The molecule has 1 N–H and O–H groups in total. The first-order valence-electron chi connectivity index (χ1n) is 8.91. The van der Waals surface area contributed by atoms with Crippen molar-refractivity contribution in [1.82, 2.24) is 19.9 Å². The minimum atomic E-state index is -1.16.